The number of benzene rings is 1. The van der Waals surface area contributed by atoms with Crippen LogP contribution in [0.2, 0.25) is 0 Å². The molecule has 0 spiro atoms. The van der Waals surface area contributed by atoms with Crippen LogP contribution in [-0.2, 0) is 13.0 Å². The number of furan rings is 1. The summed E-state index contributed by atoms with van der Waals surface area (Å²) in [6, 6.07) is 12.4. The Morgan fingerprint density at radius 3 is 3.21 bits per heavy atom. The van der Waals surface area contributed by atoms with Crippen molar-refractivity contribution in [2.24, 2.45) is 0 Å². The number of nitrogens with one attached hydrogen (secondary N) is 1. The predicted molar refractivity (Wildman–Crippen MR) is 72.4 cm³/mol. The van der Waals surface area contributed by atoms with Gasteiger partial charge in [0.1, 0.15) is 5.76 Å². The fourth-order valence-electron chi connectivity index (χ4n) is 2.69. The van der Waals surface area contributed by atoms with Gasteiger partial charge in [-0.25, -0.2) is 0 Å². The van der Waals surface area contributed by atoms with E-state index in [0.717, 1.165) is 37.1 Å². The van der Waals surface area contributed by atoms with E-state index in [4.69, 9.17) is 9.68 Å². The molecule has 0 amide bonds. The molecule has 1 N–H and O–H groups in total. The highest BCUT2D eigenvalue weighted by molar-refractivity contribution is 5.33. The maximum absolute atomic E-state index is 8.90. The van der Waals surface area contributed by atoms with E-state index in [9.17, 15) is 0 Å². The Kier molecular flexibility index (Phi) is 3.35. The minimum Gasteiger partial charge on any atom is -0.469 e. The zero-order valence-electron chi connectivity index (χ0n) is 10.7. The Morgan fingerprint density at radius 1 is 1.37 bits per heavy atom. The topological polar surface area (TPSA) is 49.0 Å². The quantitative estimate of drug-likeness (QED) is 0.911. The first-order valence-electron chi connectivity index (χ1n) is 6.65. The van der Waals surface area contributed by atoms with Crippen LogP contribution in [0.1, 0.15) is 41.3 Å². The third-order valence-corrected chi connectivity index (χ3v) is 3.66. The average Bonchev–Trinajstić information content (AvgIpc) is 2.94. The molecule has 0 fully saturated rings. The number of nitrogens with zero attached hydrogens (tertiary/aromatic N) is 1. The summed E-state index contributed by atoms with van der Waals surface area (Å²) in [7, 11) is 0. The van der Waals surface area contributed by atoms with Gasteiger partial charge in [-0.3, -0.25) is 0 Å². The molecule has 1 heterocycles. The summed E-state index contributed by atoms with van der Waals surface area (Å²) in [6.07, 6.45) is 5.13. The fourth-order valence-corrected chi connectivity index (χ4v) is 2.69. The molecule has 1 unspecified atom stereocenters. The van der Waals surface area contributed by atoms with Crippen LogP contribution in [0, 0.1) is 11.3 Å². The second-order valence-electron chi connectivity index (χ2n) is 4.94. The molecule has 1 aliphatic carbocycles. The third kappa shape index (κ3) is 2.54. The van der Waals surface area contributed by atoms with Crippen LogP contribution in [0.3, 0.4) is 0 Å². The zero-order chi connectivity index (χ0) is 13.1. The van der Waals surface area contributed by atoms with Crippen LogP contribution < -0.4 is 5.32 Å². The highest BCUT2D eigenvalue weighted by atomic mass is 16.3. The van der Waals surface area contributed by atoms with Crippen molar-refractivity contribution in [2.45, 2.75) is 31.8 Å². The number of aryl methyl sites for hydroxylation is 1. The summed E-state index contributed by atoms with van der Waals surface area (Å²) in [5, 5.41) is 12.5. The highest BCUT2D eigenvalue weighted by Gasteiger charge is 2.21. The summed E-state index contributed by atoms with van der Waals surface area (Å²) in [5.41, 5.74) is 3.16. The Bertz CT molecular complexity index is 609. The molecule has 1 aromatic carbocycles. The molecule has 3 rings (SSSR count). The molecular weight excluding hydrogens is 236 g/mol. The summed E-state index contributed by atoms with van der Waals surface area (Å²) >= 11 is 0. The Balaban J connectivity index is 1.69. The molecule has 1 aromatic heterocycles. The lowest BCUT2D eigenvalue weighted by molar-refractivity contribution is 0.411. The number of nitriles is 1. The first kappa shape index (κ1) is 12.0. The van der Waals surface area contributed by atoms with E-state index < -0.39 is 0 Å². The minimum absolute atomic E-state index is 0.369. The fraction of sp³-hybridized carbons (Fsp3) is 0.312. The lowest BCUT2D eigenvalue weighted by atomic mass is 9.93. The van der Waals surface area contributed by atoms with Crippen LogP contribution in [0.15, 0.2) is 41.0 Å². The van der Waals surface area contributed by atoms with Gasteiger partial charge in [-0.1, -0.05) is 12.1 Å². The molecule has 2 aromatic rings. The number of rotatable bonds is 3. The van der Waals surface area contributed by atoms with Gasteiger partial charge >= 0.3 is 0 Å². The van der Waals surface area contributed by atoms with Crippen molar-refractivity contribution < 1.29 is 4.42 Å². The van der Waals surface area contributed by atoms with Crippen LogP contribution in [0.4, 0.5) is 0 Å². The molecule has 0 saturated carbocycles. The van der Waals surface area contributed by atoms with E-state index in [2.05, 4.69) is 17.5 Å². The first-order valence-corrected chi connectivity index (χ1v) is 6.65. The van der Waals surface area contributed by atoms with Crippen molar-refractivity contribution in [1.82, 2.24) is 5.32 Å². The van der Waals surface area contributed by atoms with Crippen molar-refractivity contribution in [2.75, 3.05) is 0 Å². The van der Waals surface area contributed by atoms with Crippen molar-refractivity contribution >= 4 is 0 Å². The molecule has 0 saturated heterocycles. The van der Waals surface area contributed by atoms with Crippen LogP contribution in [0.25, 0.3) is 0 Å². The summed E-state index contributed by atoms with van der Waals surface area (Å²) in [6.45, 7) is 0.783. The van der Waals surface area contributed by atoms with Gasteiger partial charge < -0.3 is 9.73 Å². The number of hydrogen-bond donors (Lipinski definition) is 1. The maximum Gasteiger partial charge on any atom is 0.108 e. The molecule has 1 aliphatic rings. The molecule has 1 atom stereocenters. The van der Waals surface area contributed by atoms with Crippen LogP contribution in [0.5, 0.6) is 0 Å². The summed E-state index contributed by atoms with van der Waals surface area (Å²) in [5.74, 6) is 1.12. The second-order valence-corrected chi connectivity index (χ2v) is 4.94. The van der Waals surface area contributed by atoms with Gasteiger partial charge in [0, 0.05) is 24.6 Å². The predicted octanol–water partition coefficient (Wildman–Crippen LogP) is 3.32. The molecule has 0 radical (unpaired) electrons. The normalized spacial score (nSPS) is 17.7. The van der Waals surface area contributed by atoms with Crippen LogP contribution >= 0.6 is 0 Å². The van der Waals surface area contributed by atoms with Gasteiger partial charge in [-0.2, -0.15) is 5.26 Å². The van der Waals surface area contributed by atoms with Gasteiger partial charge in [0.05, 0.1) is 17.9 Å². The molecular formula is C16H16N2O. The number of fused-ring (bicyclic) bond motifs is 1. The van der Waals surface area contributed by atoms with Gasteiger partial charge in [0.25, 0.3) is 0 Å². The lowest BCUT2D eigenvalue weighted by Gasteiger charge is -2.22. The first-order chi connectivity index (χ1) is 9.36. The van der Waals surface area contributed by atoms with Crippen molar-refractivity contribution in [3.63, 3.8) is 0 Å². The summed E-state index contributed by atoms with van der Waals surface area (Å²) in [4.78, 5) is 0. The van der Waals surface area contributed by atoms with Gasteiger partial charge in [0.2, 0.25) is 0 Å². The molecule has 0 bridgehead atoms. The Hall–Kier alpha value is -2.05. The third-order valence-electron chi connectivity index (χ3n) is 3.66. The standard InChI is InChI=1S/C16H16N2O/c17-10-12-3-1-4-13(9-12)11-18-15-5-2-6-16-14(15)7-8-19-16/h1,3-4,7-9,15,18H,2,5-6,11H2. The molecule has 96 valence electrons. The van der Waals surface area contributed by atoms with Gasteiger partial charge in [-0.15, -0.1) is 0 Å². The minimum atomic E-state index is 0.369. The van der Waals surface area contributed by atoms with Crippen molar-refractivity contribution in [1.29, 1.82) is 5.26 Å². The van der Waals surface area contributed by atoms with Crippen molar-refractivity contribution in [3.05, 3.63) is 59.0 Å². The van der Waals surface area contributed by atoms with E-state index >= 15 is 0 Å². The smallest absolute Gasteiger partial charge is 0.108 e. The largest absolute Gasteiger partial charge is 0.469 e. The molecule has 19 heavy (non-hydrogen) atoms. The Labute approximate surface area is 112 Å². The zero-order valence-corrected chi connectivity index (χ0v) is 10.7. The lowest BCUT2D eigenvalue weighted by Crippen LogP contribution is -2.24. The maximum atomic E-state index is 8.90. The molecule has 3 heteroatoms. The molecule has 3 nitrogen and oxygen atoms in total. The summed E-state index contributed by atoms with van der Waals surface area (Å²) < 4.78 is 5.49. The van der Waals surface area contributed by atoms with E-state index in [-0.39, 0.29) is 0 Å². The van der Waals surface area contributed by atoms with Gasteiger partial charge in [-0.05, 0) is 36.6 Å². The van der Waals surface area contributed by atoms with E-state index in [1.54, 1.807) is 6.26 Å². The highest BCUT2D eigenvalue weighted by Crippen LogP contribution is 2.30. The SMILES string of the molecule is N#Cc1cccc(CNC2CCCc3occc32)c1. The van der Waals surface area contributed by atoms with E-state index in [1.165, 1.54) is 5.56 Å². The van der Waals surface area contributed by atoms with E-state index in [1.807, 2.05) is 24.3 Å². The van der Waals surface area contributed by atoms with Crippen molar-refractivity contribution in [3.8, 4) is 6.07 Å². The number of hydrogen-bond acceptors (Lipinski definition) is 3. The second kappa shape index (κ2) is 5.29. The monoisotopic (exact) mass is 252 g/mol. The van der Waals surface area contributed by atoms with Crippen LogP contribution in [-0.4, -0.2) is 0 Å². The molecule has 0 aliphatic heterocycles. The Morgan fingerprint density at radius 2 is 2.32 bits per heavy atom. The van der Waals surface area contributed by atoms with E-state index in [0.29, 0.717) is 11.6 Å². The average molecular weight is 252 g/mol. The van der Waals surface area contributed by atoms with Gasteiger partial charge in [0.15, 0.2) is 0 Å².